The average molecular weight is 221 g/mol. The van der Waals surface area contributed by atoms with E-state index in [0.717, 1.165) is 24.8 Å². The summed E-state index contributed by atoms with van der Waals surface area (Å²) < 4.78 is 0. The smallest absolute Gasteiger partial charge is 0.258 e. The summed E-state index contributed by atoms with van der Waals surface area (Å²) >= 11 is 0. The first-order chi connectivity index (χ1) is 7.56. The summed E-state index contributed by atoms with van der Waals surface area (Å²) in [5, 5.41) is 10.9. The van der Waals surface area contributed by atoms with Crippen molar-refractivity contribution in [1.82, 2.24) is 0 Å². The van der Waals surface area contributed by atoms with Crippen molar-refractivity contribution < 1.29 is 4.92 Å². The van der Waals surface area contributed by atoms with Gasteiger partial charge in [0.05, 0.1) is 4.92 Å². The van der Waals surface area contributed by atoms with Gasteiger partial charge in [0.15, 0.2) is 0 Å². The number of benzene rings is 1. The molecule has 0 unspecified atom stereocenters. The van der Waals surface area contributed by atoms with E-state index in [1.807, 2.05) is 12.1 Å². The van der Waals surface area contributed by atoms with Crippen LogP contribution in [0.1, 0.15) is 50.7 Å². The molecule has 0 N–H and O–H groups in total. The Labute approximate surface area is 96.6 Å². The Morgan fingerprint density at radius 1 is 1.38 bits per heavy atom. The van der Waals surface area contributed by atoms with Crippen molar-refractivity contribution in [2.45, 2.75) is 46.0 Å². The summed E-state index contributed by atoms with van der Waals surface area (Å²) in [5.74, 6) is 0.418. The Hall–Kier alpha value is -1.38. The molecule has 0 atom stereocenters. The number of unbranched alkanes of at least 4 members (excludes halogenated alkanes) is 1. The molecule has 0 bridgehead atoms. The molecule has 1 aromatic rings. The molecule has 0 spiro atoms. The first-order valence-electron chi connectivity index (χ1n) is 5.83. The minimum absolute atomic E-state index is 0.262. The van der Waals surface area contributed by atoms with E-state index >= 15 is 0 Å². The van der Waals surface area contributed by atoms with Crippen LogP contribution >= 0.6 is 0 Å². The lowest BCUT2D eigenvalue weighted by Gasteiger charge is -2.08. The fourth-order valence-electron chi connectivity index (χ4n) is 1.71. The van der Waals surface area contributed by atoms with Crippen molar-refractivity contribution in [2.24, 2.45) is 0 Å². The molecule has 0 heterocycles. The second-order valence-corrected chi connectivity index (χ2v) is 4.40. The van der Waals surface area contributed by atoms with E-state index in [9.17, 15) is 10.1 Å². The van der Waals surface area contributed by atoms with Crippen LogP contribution in [0.5, 0.6) is 0 Å². The summed E-state index contributed by atoms with van der Waals surface area (Å²) in [6.07, 6.45) is 2.86. The van der Waals surface area contributed by atoms with Gasteiger partial charge in [-0.15, -0.1) is 0 Å². The van der Waals surface area contributed by atoms with Gasteiger partial charge in [-0.1, -0.05) is 33.3 Å². The highest BCUT2D eigenvalue weighted by Gasteiger charge is 2.14. The van der Waals surface area contributed by atoms with Gasteiger partial charge in [-0.3, -0.25) is 10.1 Å². The van der Waals surface area contributed by atoms with Gasteiger partial charge < -0.3 is 0 Å². The van der Waals surface area contributed by atoms with Crippen LogP contribution in [-0.4, -0.2) is 4.92 Å². The lowest BCUT2D eigenvalue weighted by atomic mass is 9.97. The summed E-state index contributed by atoms with van der Waals surface area (Å²) in [5.41, 5.74) is 2.31. The normalized spacial score (nSPS) is 10.8. The topological polar surface area (TPSA) is 43.1 Å². The highest BCUT2D eigenvalue weighted by molar-refractivity contribution is 5.43. The summed E-state index contributed by atoms with van der Waals surface area (Å²) in [7, 11) is 0. The molecular formula is C13H19NO2. The Morgan fingerprint density at radius 3 is 2.56 bits per heavy atom. The Balaban J connectivity index is 3.05. The van der Waals surface area contributed by atoms with E-state index in [1.165, 1.54) is 5.56 Å². The van der Waals surface area contributed by atoms with Crippen LogP contribution in [0.25, 0.3) is 0 Å². The first-order valence-corrected chi connectivity index (χ1v) is 5.83. The second kappa shape index (κ2) is 5.64. The van der Waals surface area contributed by atoms with Crippen LogP contribution in [0.2, 0.25) is 0 Å². The van der Waals surface area contributed by atoms with Crippen molar-refractivity contribution >= 4 is 5.69 Å². The van der Waals surface area contributed by atoms with E-state index in [2.05, 4.69) is 20.8 Å². The molecule has 0 fully saturated rings. The van der Waals surface area contributed by atoms with Crippen LogP contribution in [-0.2, 0) is 6.42 Å². The lowest BCUT2D eigenvalue weighted by Crippen LogP contribution is -1.98. The molecule has 0 aliphatic rings. The van der Waals surface area contributed by atoms with Gasteiger partial charge in [0.2, 0.25) is 0 Å². The molecule has 88 valence electrons. The zero-order valence-electron chi connectivity index (χ0n) is 10.2. The molecule has 0 radical (unpaired) electrons. The van der Waals surface area contributed by atoms with Crippen molar-refractivity contribution in [1.29, 1.82) is 0 Å². The van der Waals surface area contributed by atoms with Gasteiger partial charge in [0.1, 0.15) is 0 Å². The van der Waals surface area contributed by atoms with Crippen LogP contribution < -0.4 is 0 Å². The van der Waals surface area contributed by atoms with Gasteiger partial charge in [-0.2, -0.15) is 0 Å². The van der Waals surface area contributed by atoms with E-state index in [1.54, 1.807) is 6.07 Å². The van der Waals surface area contributed by atoms with Crippen LogP contribution in [0.3, 0.4) is 0 Å². The van der Waals surface area contributed by atoms with E-state index in [0.29, 0.717) is 5.92 Å². The molecule has 0 saturated carbocycles. The minimum atomic E-state index is -0.283. The number of nitrogens with zero attached hydrogens (tertiary/aromatic N) is 1. The molecule has 3 nitrogen and oxygen atoms in total. The maximum Gasteiger partial charge on any atom is 0.272 e. The van der Waals surface area contributed by atoms with Gasteiger partial charge in [0.25, 0.3) is 5.69 Å². The van der Waals surface area contributed by atoms with Crippen molar-refractivity contribution in [3.05, 3.63) is 39.4 Å². The first kappa shape index (κ1) is 12.7. The number of aryl methyl sites for hydroxylation is 1. The Bertz CT molecular complexity index is 372. The zero-order valence-corrected chi connectivity index (χ0v) is 10.2. The molecule has 16 heavy (non-hydrogen) atoms. The van der Waals surface area contributed by atoms with Crippen molar-refractivity contribution in [3.8, 4) is 0 Å². The van der Waals surface area contributed by atoms with Crippen molar-refractivity contribution in [3.63, 3.8) is 0 Å². The average Bonchev–Trinajstić information content (AvgIpc) is 2.25. The Kier molecular flexibility index (Phi) is 4.47. The van der Waals surface area contributed by atoms with Gasteiger partial charge in [-0.05, 0) is 30.4 Å². The molecule has 1 aromatic carbocycles. The number of hydrogen-bond acceptors (Lipinski definition) is 2. The molecule has 1 rings (SSSR count). The van der Waals surface area contributed by atoms with Gasteiger partial charge in [-0.25, -0.2) is 0 Å². The molecule has 3 heteroatoms. The van der Waals surface area contributed by atoms with E-state index < -0.39 is 0 Å². The standard InChI is InChI=1S/C13H19NO2/c1-4-5-6-12-9-11(10(2)3)7-8-13(12)14(15)16/h7-10H,4-6H2,1-3H3. The van der Waals surface area contributed by atoms with Crippen LogP contribution in [0, 0.1) is 10.1 Å². The largest absolute Gasteiger partial charge is 0.272 e. The molecular weight excluding hydrogens is 202 g/mol. The summed E-state index contributed by atoms with van der Waals surface area (Å²) in [6.45, 7) is 6.30. The van der Waals surface area contributed by atoms with E-state index in [-0.39, 0.29) is 10.6 Å². The molecule has 0 aliphatic heterocycles. The van der Waals surface area contributed by atoms with Gasteiger partial charge in [0, 0.05) is 11.6 Å². The fourth-order valence-corrected chi connectivity index (χ4v) is 1.71. The maximum atomic E-state index is 10.9. The number of nitro benzene ring substituents is 1. The Morgan fingerprint density at radius 2 is 2.06 bits per heavy atom. The number of nitro groups is 1. The molecule has 0 amide bonds. The minimum Gasteiger partial charge on any atom is -0.258 e. The molecule has 0 aliphatic carbocycles. The summed E-state index contributed by atoms with van der Waals surface area (Å²) in [4.78, 5) is 10.6. The zero-order chi connectivity index (χ0) is 12.1. The predicted octanol–water partition coefficient (Wildman–Crippen LogP) is 4.06. The third-order valence-electron chi connectivity index (χ3n) is 2.77. The van der Waals surface area contributed by atoms with Crippen LogP contribution in [0.4, 0.5) is 5.69 Å². The monoisotopic (exact) mass is 221 g/mol. The third-order valence-corrected chi connectivity index (χ3v) is 2.77. The van der Waals surface area contributed by atoms with Crippen molar-refractivity contribution in [2.75, 3.05) is 0 Å². The summed E-state index contributed by atoms with van der Waals surface area (Å²) in [6, 6.07) is 5.48. The SMILES string of the molecule is CCCCc1cc(C(C)C)ccc1[N+](=O)[O-]. The van der Waals surface area contributed by atoms with E-state index in [4.69, 9.17) is 0 Å². The highest BCUT2D eigenvalue weighted by atomic mass is 16.6. The predicted molar refractivity (Wildman–Crippen MR) is 65.8 cm³/mol. The second-order valence-electron chi connectivity index (χ2n) is 4.40. The van der Waals surface area contributed by atoms with Crippen LogP contribution in [0.15, 0.2) is 18.2 Å². The number of hydrogen-bond donors (Lipinski definition) is 0. The quantitative estimate of drug-likeness (QED) is 0.555. The molecule has 0 saturated heterocycles. The van der Waals surface area contributed by atoms with Gasteiger partial charge >= 0.3 is 0 Å². The highest BCUT2D eigenvalue weighted by Crippen LogP contribution is 2.25. The number of rotatable bonds is 5. The molecule has 0 aromatic heterocycles. The third kappa shape index (κ3) is 3.05. The maximum absolute atomic E-state index is 10.9. The fraction of sp³-hybridized carbons (Fsp3) is 0.538. The lowest BCUT2D eigenvalue weighted by molar-refractivity contribution is -0.385.